The second-order valence-electron chi connectivity index (χ2n) is 11.8. The van der Waals surface area contributed by atoms with Gasteiger partial charge in [-0.25, -0.2) is 4.98 Å². The third kappa shape index (κ3) is 7.75. The largest absolute Gasteiger partial charge is 0.493 e. The highest BCUT2D eigenvalue weighted by Gasteiger charge is 2.22. The molecule has 0 spiro atoms. The number of ether oxygens (including phenoxy) is 3. The summed E-state index contributed by atoms with van der Waals surface area (Å²) in [5.74, 6) is 3.31. The van der Waals surface area contributed by atoms with Gasteiger partial charge in [0, 0.05) is 37.2 Å². The fraction of sp³-hybridized carbons (Fsp3) is 0.429. The summed E-state index contributed by atoms with van der Waals surface area (Å²) in [6.45, 7) is 8.26. The molecule has 0 aliphatic carbocycles. The summed E-state index contributed by atoms with van der Waals surface area (Å²) < 4.78 is 18.3. The second-order valence-corrected chi connectivity index (χ2v) is 11.8. The summed E-state index contributed by atoms with van der Waals surface area (Å²) in [7, 11) is 8.31. The predicted octanol–water partition coefficient (Wildman–Crippen LogP) is 6.67. The van der Waals surface area contributed by atoms with Crippen molar-refractivity contribution < 1.29 is 14.2 Å². The first kappa shape index (κ1) is 30.6. The summed E-state index contributed by atoms with van der Waals surface area (Å²) in [6.07, 6.45) is 3.67. The number of hydrogen-bond donors (Lipinski definition) is 1. The van der Waals surface area contributed by atoms with Gasteiger partial charge in [0.25, 0.3) is 0 Å². The predicted molar refractivity (Wildman–Crippen MR) is 176 cm³/mol. The van der Waals surface area contributed by atoms with E-state index in [2.05, 4.69) is 87.2 Å². The lowest BCUT2D eigenvalue weighted by Gasteiger charge is -2.14. The number of aryl methyl sites for hydroxylation is 1. The molecule has 0 saturated carbocycles. The summed E-state index contributed by atoms with van der Waals surface area (Å²) in [6, 6.07) is 16.6. The van der Waals surface area contributed by atoms with Gasteiger partial charge in [-0.05, 0) is 95.8 Å². The van der Waals surface area contributed by atoms with Gasteiger partial charge >= 0.3 is 0 Å². The molecule has 1 aromatic heterocycles. The van der Waals surface area contributed by atoms with Crippen molar-refractivity contribution in [3.63, 3.8) is 0 Å². The summed E-state index contributed by atoms with van der Waals surface area (Å²) in [5.41, 5.74) is 8.27. The molecule has 0 fully saturated rings. The minimum Gasteiger partial charge on any atom is -0.493 e. The fourth-order valence-electron chi connectivity index (χ4n) is 5.27. The van der Waals surface area contributed by atoms with Crippen LogP contribution in [0.2, 0.25) is 0 Å². The van der Waals surface area contributed by atoms with Crippen LogP contribution < -0.4 is 14.2 Å². The number of nitrogens with zero attached hydrogens (tertiary/aromatic N) is 4. The second kappa shape index (κ2) is 14.1. The average molecular weight is 584 g/mol. The van der Waals surface area contributed by atoms with Crippen molar-refractivity contribution in [2.24, 2.45) is 4.99 Å². The van der Waals surface area contributed by atoms with Crippen LogP contribution in [0.3, 0.4) is 0 Å². The minimum absolute atomic E-state index is 0.627. The Labute approximate surface area is 255 Å². The number of hydrogen-bond acceptors (Lipinski definition) is 7. The monoisotopic (exact) mass is 583 g/mol. The molecule has 228 valence electrons. The van der Waals surface area contributed by atoms with Crippen LogP contribution in [-0.4, -0.2) is 86.6 Å². The van der Waals surface area contributed by atoms with Crippen molar-refractivity contribution in [2.45, 2.75) is 39.5 Å². The normalized spacial score (nSPS) is 12.7. The molecule has 1 N–H and O–H groups in total. The molecule has 43 heavy (non-hydrogen) atoms. The van der Waals surface area contributed by atoms with E-state index in [0.717, 1.165) is 101 Å². The summed E-state index contributed by atoms with van der Waals surface area (Å²) >= 11 is 0. The average Bonchev–Trinajstić information content (AvgIpc) is 3.60. The lowest BCUT2D eigenvalue weighted by atomic mass is 9.97. The van der Waals surface area contributed by atoms with Crippen LogP contribution >= 0.6 is 0 Å². The maximum absolute atomic E-state index is 6.30. The molecule has 0 saturated heterocycles. The third-order valence-electron chi connectivity index (χ3n) is 7.51. The Hall–Kier alpha value is -3.88. The number of aliphatic imine (C=N–C) groups is 1. The number of imidazole rings is 1. The van der Waals surface area contributed by atoms with Crippen LogP contribution in [0.25, 0.3) is 22.4 Å². The van der Waals surface area contributed by atoms with Gasteiger partial charge in [-0.15, -0.1) is 0 Å². The lowest BCUT2D eigenvalue weighted by Crippen LogP contribution is -2.15. The highest BCUT2D eigenvalue weighted by Crippen LogP contribution is 2.37. The molecule has 0 radical (unpaired) electrons. The van der Waals surface area contributed by atoms with E-state index in [-0.39, 0.29) is 0 Å². The first-order valence-corrected chi connectivity index (χ1v) is 15.3. The smallest absolute Gasteiger partial charge is 0.142 e. The van der Waals surface area contributed by atoms with E-state index in [0.29, 0.717) is 19.8 Å². The van der Waals surface area contributed by atoms with Crippen molar-refractivity contribution in [3.05, 3.63) is 65.2 Å². The topological polar surface area (TPSA) is 75.2 Å². The number of aromatic amines is 1. The van der Waals surface area contributed by atoms with Gasteiger partial charge in [-0.3, -0.25) is 4.99 Å². The number of H-pyrrole nitrogens is 1. The molecule has 8 nitrogen and oxygen atoms in total. The molecule has 0 unspecified atom stereocenters. The van der Waals surface area contributed by atoms with Gasteiger partial charge in [-0.2, -0.15) is 0 Å². The van der Waals surface area contributed by atoms with Crippen LogP contribution in [0.5, 0.6) is 17.2 Å². The zero-order chi connectivity index (χ0) is 30.3. The van der Waals surface area contributed by atoms with Crippen LogP contribution in [-0.2, 0) is 6.42 Å². The molecule has 4 aromatic rings. The van der Waals surface area contributed by atoms with E-state index in [1.165, 1.54) is 5.56 Å². The van der Waals surface area contributed by atoms with Gasteiger partial charge in [0.2, 0.25) is 0 Å². The Balaban J connectivity index is 1.37. The molecular formula is C35H45N5O3. The zero-order valence-electron chi connectivity index (χ0n) is 26.5. The first-order chi connectivity index (χ1) is 20.8. The Kier molecular flexibility index (Phi) is 10.00. The van der Waals surface area contributed by atoms with Crippen molar-refractivity contribution >= 4 is 22.4 Å². The SMILES string of the molecule is CCCOc1cc(C2=Nc3cc(OCCCN(C)C)ccc3C2)c(C)cc1-c1nc2ccc(OCCCN(C)C)cc2[nH]1. The molecule has 3 aromatic carbocycles. The summed E-state index contributed by atoms with van der Waals surface area (Å²) in [5, 5.41) is 0. The molecule has 0 bridgehead atoms. The molecule has 1 aliphatic heterocycles. The van der Waals surface area contributed by atoms with Gasteiger partial charge in [0.1, 0.15) is 23.1 Å². The number of rotatable bonds is 15. The van der Waals surface area contributed by atoms with Gasteiger partial charge in [0.15, 0.2) is 0 Å². The van der Waals surface area contributed by atoms with Crippen molar-refractivity contribution in [3.8, 4) is 28.6 Å². The van der Waals surface area contributed by atoms with Crippen LogP contribution in [0.4, 0.5) is 5.69 Å². The number of fused-ring (bicyclic) bond motifs is 2. The lowest BCUT2D eigenvalue weighted by molar-refractivity contribution is 0.281. The van der Waals surface area contributed by atoms with Gasteiger partial charge in [0.05, 0.1) is 47.8 Å². The Morgan fingerprint density at radius 3 is 2.19 bits per heavy atom. The standard InChI is InChI=1S/C35H45N5O3/c1-7-16-43-34-23-28(32-20-25-10-11-26(21-31(25)36-32)41-17-8-14-39(3)4)24(2)19-29(34)35-37-30-13-12-27(22-33(30)38-35)42-18-9-15-40(5)6/h10-13,19,21-23H,7-9,14-18,20H2,1-6H3,(H,37,38). The molecule has 8 heteroatoms. The molecule has 1 aliphatic rings. The molecule has 0 atom stereocenters. The summed E-state index contributed by atoms with van der Waals surface area (Å²) in [4.78, 5) is 17.8. The van der Waals surface area contributed by atoms with Crippen LogP contribution in [0, 0.1) is 6.92 Å². The third-order valence-corrected chi connectivity index (χ3v) is 7.51. The Bertz CT molecular complexity index is 1570. The van der Waals surface area contributed by atoms with E-state index in [1.54, 1.807) is 0 Å². The zero-order valence-corrected chi connectivity index (χ0v) is 26.5. The van der Waals surface area contributed by atoms with Crippen molar-refractivity contribution in [2.75, 3.05) is 61.1 Å². The molecule has 2 heterocycles. The van der Waals surface area contributed by atoms with Gasteiger partial charge in [-0.1, -0.05) is 13.0 Å². The van der Waals surface area contributed by atoms with Crippen molar-refractivity contribution in [1.82, 2.24) is 19.8 Å². The van der Waals surface area contributed by atoms with E-state index < -0.39 is 0 Å². The van der Waals surface area contributed by atoms with E-state index in [9.17, 15) is 0 Å². The molecule has 5 rings (SSSR count). The van der Waals surface area contributed by atoms with Gasteiger partial charge < -0.3 is 29.0 Å². The van der Waals surface area contributed by atoms with E-state index in [1.807, 2.05) is 18.2 Å². The highest BCUT2D eigenvalue weighted by atomic mass is 16.5. The highest BCUT2D eigenvalue weighted by molar-refractivity contribution is 6.08. The Morgan fingerprint density at radius 1 is 0.791 bits per heavy atom. The Morgan fingerprint density at radius 2 is 1.49 bits per heavy atom. The number of nitrogens with one attached hydrogen (secondary N) is 1. The first-order valence-electron chi connectivity index (χ1n) is 15.3. The van der Waals surface area contributed by atoms with E-state index >= 15 is 0 Å². The van der Waals surface area contributed by atoms with Crippen molar-refractivity contribution in [1.29, 1.82) is 0 Å². The quantitative estimate of drug-likeness (QED) is 0.158. The minimum atomic E-state index is 0.627. The fourth-order valence-corrected chi connectivity index (χ4v) is 5.27. The maximum atomic E-state index is 6.30. The maximum Gasteiger partial charge on any atom is 0.142 e. The van der Waals surface area contributed by atoms with Crippen LogP contribution in [0.1, 0.15) is 42.9 Å². The van der Waals surface area contributed by atoms with Crippen LogP contribution in [0.15, 0.2) is 53.5 Å². The van der Waals surface area contributed by atoms with E-state index in [4.69, 9.17) is 24.2 Å². The number of aromatic nitrogens is 2. The molecular weight excluding hydrogens is 538 g/mol. The number of benzene rings is 3. The molecule has 0 amide bonds.